The number of ether oxygens (including phenoxy) is 2. The Kier molecular flexibility index (Phi) is 2.75. The van der Waals surface area contributed by atoms with Crippen molar-refractivity contribution < 1.29 is 19.7 Å². The van der Waals surface area contributed by atoms with E-state index in [0.717, 1.165) is 0 Å². The second-order valence-corrected chi connectivity index (χ2v) is 5.84. The number of nitrogen functional groups attached to an aromatic ring is 1. The molecule has 2 aromatic rings. The highest BCUT2D eigenvalue weighted by molar-refractivity contribution is 9.10. The van der Waals surface area contributed by atoms with Gasteiger partial charge >= 0.3 is 0 Å². The van der Waals surface area contributed by atoms with Crippen molar-refractivity contribution in [1.82, 2.24) is 19.5 Å². The van der Waals surface area contributed by atoms with Gasteiger partial charge in [-0.2, -0.15) is 0 Å². The first-order chi connectivity index (χ1) is 10.1. The number of fused-ring (bicyclic) bond motifs is 3. The summed E-state index contributed by atoms with van der Waals surface area (Å²) in [5.74, 6) is 0.251. The average Bonchev–Trinajstić information content (AvgIpc) is 3.07. The molecule has 0 spiro atoms. The van der Waals surface area contributed by atoms with Crippen molar-refractivity contribution in [3.63, 3.8) is 0 Å². The zero-order valence-corrected chi connectivity index (χ0v) is 12.3. The maximum Gasteiger partial charge on any atom is 0.181 e. The van der Waals surface area contributed by atoms with E-state index >= 15 is 0 Å². The maximum atomic E-state index is 10.2. The summed E-state index contributed by atoms with van der Waals surface area (Å²) in [6.07, 6.45) is -0.859. The molecular formula is C11H12BrN5O4. The Bertz CT molecular complexity index is 724. The highest BCUT2D eigenvalue weighted by Gasteiger charge is 2.62. The molecule has 2 saturated heterocycles. The monoisotopic (exact) mass is 357 g/mol. The van der Waals surface area contributed by atoms with Crippen molar-refractivity contribution in [3.05, 3.63) is 11.1 Å². The lowest BCUT2D eigenvalue weighted by Crippen LogP contribution is -2.44. The molecule has 10 heteroatoms. The van der Waals surface area contributed by atoms with E-state index < -0.39 is 24.0 Å². The first-order valence-corrected chi connectivity index (χ1v) is 7.09. The first-order valence-electron chi connectivity index (χ1n) is 6.29. The van der Waals surface area contributed by atoms with Gasteiger partial charge in [0.05, 0.1) is 13.2 Å². The third-order valence-electron chi connectivity index (χ3n) is 3.99. The van der Waals surface area contributed by atoms with E-state index in [9.17, 15) is 10.2 Å². The molecule has 4 rings (SSSR count). The molecule has 0 aliphatic carbocycles. The molecule has 0 saturated carbocycles. The Balaban J connectivity index is 1.86. The normalized spacial score (nSPS) is 34.9. The predicted octanol–water partition coefficient (Wildman–Crippen LogP) is -0.809. The van der Waals surface area contributed by atoms with Crippen LogP contribution in [0.3, 0.4) is 0 Å². The zero-order valence-electron chi connectivity index (χ0n) is 10.7. The Morgan fingerprint density at radius 2 is 2.33 bits per heavy atom. The molecule has 2 fully saturated rings. The molecule has 2 aliphatic rings. The Labute approximate surface area is 126 Å². The van der Waals surface area contributed by atoms with Crippen molar-refractivity contribution in [2.45, 2.75) is 24.0 Å². The van der Waals surface area contributed by atoms with Crippen LogP contribution in [0.2, 0.25) is 0 Å². The molecule has 2 bridgehead atoms. The highest BCUT2D eigenvalue weighted by atomic mass is 79.9. The number of aliphatic hydroxyl groups is 2. The van der Waals surface area contributed by atoms with E-state index in [1.807, 2.05) is 0 Å². The van der Waals surface area contributed by atoms with Crippen LogP contribution in [0, 0.1) is 0 Å². The van der Waals surface area contributed by atoms with Crippen molar-refractivity contribution in [1.29, 1.82) is 0 Å². The van der Waals surface area contributed by atoms with Crippen LogP contribution < -0.4 is 5.73 Å². The quantitative estimate of drug-likeness (QED) is 0.595. The molecular weight excluding hydrogens is 346 g/mol. The van der Waals surface area contributed by atoms with Gasteiger partial charge in [0.25, 0.3) is 0 Å². The third kappa shape index (κ3) is 1.62. The lowest BCUT2D eigenvalue weighted by molar-refractivity contribution is -0.186. The summed E-state index contributed by atoms with van der Waals surface area (Å²) in [5, 5.41) is 19.8. The summed E-state index contributed by atoms with van der Waals surface area (Å²) in [5.41, 5.74) is 5.58. The summed E-state index contributed by atoms with van der Waals surface area (Å²) < 4.78 is 13.5. The maximum absolute atomic E-state index is 10.2. The molecule has 0 aromatic carbocycles. The summed E-state index contributed by atoms with van der Waals surface area (Å²) in [7, 11) is 0. The fraction of sp³-hybridized carbons (Fsp3) is 0.545. The van der Waals surface area contributed by atoms with Gasteiger partial charge in [-0.25, -0.2) is 15.0 Å². The van der Waals surface area contributed by atoms with E-state index in [1.54, 1.807) is 4.57 Å². The first kappa shape index (κ1) is 13.3. The topological polar surface area (TPSA) is 129 Å². The number of anilines is 1. The standard InChI is InChI=1S/C11H12BrN5O4/c12-10-16-4-7(13)14-3-15-8(4)17(10)9-5-6(19)11(1-18,21-9)2-20-5/h3,5-6,9,18-19H,1-2H2,(H2,13,14,15)/t5?,6-,9-,11+/m1/s1. The number of halogens is 1. The molecule has 4 N–H and O–H groups in total. The summed E-state index contributed by atoms with van der Waals surface area (Å²) in [6.45, 7) is -0.185. The molecule has 4 heterocycles. The minimum Gasteiger partial charge on any atom is -0.393 e. The smallest absolute Gasteiger partial charge is 0.181 e. The minimum atomic E-state index is -1.11. The molecule has 112 valence electrons. The van der Waals surface area contributed by atoms with Gasteiger partial charge in [0, 0.05) is 0 Å². The van der Waals surface area contributed by atoms with Gasteiger partial charge in [-0.1, -0.05) is 0 Å². The van der Waals surface area contributed by atoms with E-state index in [1.165, 1.54) is 6.33 Å². The Morgan fingerprint density at radius 3 is 3.05 bits per heavy atom. The molecule has 2 aliphatic heterocycles. The van der Waals surface area contributed by atoms with Crippen LogP contribution >= 0.6 is 15.9 Å². The molecule has 0 radical (unpaired) electrons. The number of nitrogens with zero attached hydrogens (tertiary/aromatic N) is 4. The lowest BCUT2D eigenvalue weighted by Gasteiger charge is -2.29. The number of aliphatic hydroxyl groups excluding tert-OH is 2. The zero-order chi connectivity index (χ0) is 14.8. The lowest BCUT2D eigenvalue weighted by atomic mass is 10.0. The number of hydrogen-bond donors (Lipinski definition) is 3. The van der Waals surface area contributed by atoms with Gasteiger partial charge in [-0.15, -0.1) is 0 Å². The van der Waals surface area contributed by atoms with Crippen LogP contribution in [0.15, 0.2) is 11.1 Å². The Hall–Kier alpha value is -1.33. The van der Waals surface area contributed by atoms with Crippen molar-refractivity contribution in [2.24, 2.45) is 0 Å². The van der Waals surface area contributed by atoms with Crippen LogP contribution in [0.4, 0.5) is 5.82 Å². The van der Waals surface area contributed by atoms with Gasteiger partial charge in [0.2, 0.25) is 0 Å². The Morgan fingerprint density at radius 1 is 1.52 bits per heavy atom. The fourth-order valence-corrected chi connectivity index (χ4v) is 3.41. The summed E-state index contributed by atoms with van der Waals surface area (Å²) in [6, 6.07) is 0. The van der Waals surface area contributed by atoms with E-state index in [0.29, 0.717) is 15.9 Å². The van der Waals surface area contributed by atoms with Gasteiger partial charge in [0.15, 0.2) is 27.9 Å². The number of imidazole rings is 1. The third-order valence-corrected chi connectivity index (χ3v) is 4.55. The van der Waals surface area contributed by atoms with Gasteiger partial charge in [-0.3, -0.25) is 4.57 Å². The van der Waals surface area contributed by atoms with E-state index in [4.69, 9.17) is 15.2 Å². The van der Waals surface area contributed by atoms with Crippen LogP contribution in [0.5, 0.6) is 0 Å². The van der Waals surface area contributed by atoms with E-state index in [-0.39, 0.29) is 19.0 Å². The molecule has 4 atom stereocenters. The highest BCUT2D eigenvalue weighted by Crippen LogP contribution is 2.46. The molecule has 9 nitrogen and oxygen atoms in total. The second kappa shape index (κ2) is 4.34. The van der Waals surface area contributed by atoms with Crippen LogP contribution in [-0.2, 0) is 9.47 Å². The second-order valence-electron chi connectivity index (χ2n) is 5.13. The largest absolute Gasteiger partial charge is 0.393 e. The molecule has 21 heavy (non-hydrogen) atoms. The predicted molar refractivity (Wildman–Crippen MR) is 73.1 cm³/mol. The number of nitrogens with two attached hydrogens (primary N) is 1. The SMILES string of the molecule is Nc1ncnc2c1nc(Br)n2[C@@H]1O[C@@]2(CO)COC1[C@H]2O. The van der Waals surface area contributed by atoms with Crippen LogP contribution in [0.1, 0.15) is 6.23 Å². The van der Waals surface area contributed by atoms with Gasteiger partial charge in [0.1, 0.15) is 24.1 Å². The van der Waals surface area contributed by atoms with Gasteiger partial charge < -0.3 is 25.4 Å². The minimum absolute atomic E-state index is 0.146. The molecule has 1 unspecified atom stereocenters. The van der Waals surface area contributed by atoms with Crippen molar-refractivity contribution in [2.75, 3.05) is 18.9 Å². The number of aromatic nitrogens is 4. The van der Waals surface area contributed by atoms with Crippen molar-refractivity contribution in [3.8, 4) is 0 Å². The van der Waals surface area contributed by atoms with Crippen molar-refractivity contribution >= 4 is 32.9 Å². The molecule has 0 amide bonds. The summed E-state index contributed by atoms with van der Waals surface area (Å²) in [4.78, 5) is 12.3. The van der Waals surface area contributed by atoms with Crippen LogP contribution in [-0.4, -0.2) is 60.8 Å². The van der Waals surface area contributed by atoms with Crippen LogP contribution in [0.25, 0.3) is 11.2 Å². The number of rotatable bonds is 2. The van der Waals surface area contributed by atoms with Gasteiger partial charge in [-0.05, 0) is 15.9 Å². The molecule has 2 aromatic heterocycles. The van der Waals surface area contributed by atoms with E-state index in [2.05, 4.69) is 30.9 Å². The summed E-state index contributed by atoms with van der Waals surface area (Å²) >= 11 is 3.33. The average molecular weight is 358 g/mol. The number of hydrogen-bond acceptors (Lipinski definition) is 8. The fourth-order valence-electron chi connectivity index (χ4n) is 2.86.